The summed E-state index contributed by atoms with van der Waals surface area (Å²) in [6.45, 7) is 4.34. The van der Waals surface area contributed by atoms with Crippen molar-refractivity contribution < 1.29 is 29.0 Å². The Balaban J connectivity index is 4.62. The fourth-order valence-electron chi connectivity index (χ4n) is 1.24. The summed E-state index contributed by atoms with van der Waals surface area (Å²) in [5, 5.41) is 13.7. The first-order valence-electron chi connectivity index (χ1n) is 6.24. The second-order valence-corrected chi connectivity index (χ2v) is 5.51. The molecule has 2 amide bonds. The molecule has 0 aliphatic heterocycles. The first-order chi connectivity index (χ1) is 9.64. The Hall–Kier alpha value is -1.48. The van der Waals surface area contributed by atoms with Crippen molar-refractivity contribution in [2.75, 3.05) is 19.5 Å². The van der Waals surface area contributed by atoms with Gasteiger partial charge < -0.3 is 25.2 Å². The summed E-state index contributed by atoms with van der Waals surface area (Å²) >= 11 is 3.92. The predicted octanol–water partition coefficient (Wildman–Crippen LogP) is -0.540. The summed E-state index contributed by atoms with van der Waals surface area (Å²) in [4.78, 5) is 34.8. The molecule has 2 atom stereocenters. The lowest BCUT2D eigenvalue weighted by molar-refractivity contribution is -0.144. The minimum atomic E-state index is -1.24. The zero-order valence-corrected chi connectivity index (χ0v) is 13.4. The second-order valence-electron chi connectivity index (χ2n) is 5.15. The van der Waals surface area contributed by atoms with Gasteiger partial charge in [-0.15, -0.1) is 0 Å². The van der Waals surface area contributed by atoms with Crippen molar-refractivity contribution >= 4 is 30.6 Å². The molecule has 0 aromatic heterocycles. The van der Waals surface area contributed by atoms with Crippen LogP contribution < -0.4 is 10.6 Å². The molecule has 0 aromatic rings. The van der Waals surface area contributed by atoms with E-state index in [-0.39, 0.29) is 5.75 Å². The molecule has 21 heavy (non-hydrogen) atoms. The van der Waals surface area contributed by atoms with Gasteiger partial charge in [0.15, 0.2) is 0 Å². The standard InChI is InChI=1S/C12H22N2O6S/c1-12(2,3)20-11(18)14-7(5-15)9(16)13-8(6-21)10(17)19-4/h7-8,15,21H,5-6H2,1-4H3,(H,13,16)(H,14,18)/t7-,8-/m0/s1. The fraction of sp³-hybridized carbons (Fsp3) is 0.750. The predicted molar refractivity (Wildman–Crippen MR) is 78.0 cm³/mol. The van der Waals surface area contributed by atoms with Crippen LogP contribution in [0.25, 0.3) is 0 Å². The van der Waals surface area contributed by atoms with E-state index in [9.17, 15) is 14.4 Å². The van der Waals surface area contributed by atoms with Gasteiger partial charge in [-0.2, -0.15) is 12.6 Å². The van der Waals surface area contributed by atoms with Gasteiger partial charge in [0, 0.05) is 5.75 Å². The number of thiol groups is 1. The van der Waals surface area contributed by atoms with Crippen LogP contribution in [0.15, 0.2) is 0 Å². The third kappa shape index (κ3) is 7.76. The normalized spacial score (nSPS) is 13.8. The van der Waals surface area contributed by atoms with Crippen molar-refractivity contribution in [3.63, 3.8) is 0 Å². The van der Waals surface area contributed by atoms with Gasteiger partial charge >= 0.3 is 12.1 Å². The maximum atomic E-state index is 11.9. The van der Waals surface area contributed by atoms with E-state index in [1.54, 1.807) is 20.8 Å². The molecule has 0 aromatic carbocycles. The number of hydrogen-bond donors (Lipinski definition) is 4. The topological polar surface area (TPSA) is 114 Å². The molecule has 0 saturated heterocycles. The molecule has 0 radical (unpaired) electrons. The fourth-order valence-corrected chi connectivity index (χ4v) is 1.48. The summed E-state index contributed by atoms with van der Waals surface area (Å²) in [6, 6.07) is -2.22. The first kappa shape index (κ1) is 19.5. The number of carbonyl (C=O) groups is 3. The van der Waals surface area contributed by atoms with E-state index in [2.05, 4.69) is 28.0 Å². The summed E-state index contributed by atoms with van der Waals surface area (Å²) in [7, 11) is 1.17. The van der Waals surface area contributed by atoms with E-state index in [1.165, 1.54) is 7.11 Å². The van der Waals surface area contributed by atoms with E-state index >= 15 is 0 Å². The van der Waals surface area contributed by atoms with Crippen LogP contribution in [0, 0.1) is 0 Å². The molecular weight excluding hydrogens is 300 g/mol. The molecule has 8 nitrogen and oxygen atoms in total. The molecule has 0 heterocycles. The molecule has 0 bridgehead atoms. The van der Waals surface area contributed by atoms with Crippen LogP contribution in [-0.2, 0) is 19.1 Å². The lowest BCUT2D eigenvalue weighted by Crippen LogP contribution is -2.54. The van der Waals surface area contributed by atoms with Gasteiger partial charge in [0.05, 0.1) is 13.7 Å². The quantitative estimate of drug-likeness (QED) is 0.386. The second kappa shape index (κ2) is 8.73. The largest absolute Gasteiger partial charge is 0.467 e. The lowest BCUT2D eigenvalue weighted by Gasteiger charge is -2.23. The molecule has 122 valence electrons. The van der Waals surface area contributed by atoms with Crippen LogP contribution in [-0.4, -0.2) is 60.2 Å². The van der Waals surface area contributed by atoms with Crippen LogP contribution in [0.2, 0.25) is 0 Å². The molecule has 3 N–H and O–H groups in total. The average Bonchev–Trinajstić information content (AvgIpc) is 2.38. The van der Waals surface area contributed by atoms with Crippen LogP contribution in [0.4, 0.5) is 4.79 Å². The highest BCUT2D eigenvalue weighted by Gasteiger charge is 2.27. The minimum Gasteiger partial charge on any atom is -0.467 e. The molecule has 0 fully saturated rings. The van der Waals surface area contributed by atoms with E-state index in [4.69, 9.17) is 9.84 Å². The van der Waals surface area contributed by atoms with Crippen molar-refractivity contribution in [3.8, 4) is 0 Å². The van der Waals surface area contributed by atoms with Crippen LogP contribution >= 0.6 is 12.6 Å². The van der Waals surface area contributed by atoms with Gasteiger partial charge in [0.1, 0.15) is 17.7 Å². The van der Waals surface area contributed by atoms with Gasteiger partial charge in [-0.05, 0) is 20.8 Å². The van der Waals surface area contributed by atoms with E-state index in [0.29, 0.717) is 0 Å². The highest BCUT2D eigenvalue weighted by atomic mass is 32.1. The van der Waals surface area contributed by atoms with Gasteiger partial charge in [-0.1, -0.05) is 0 Å². The molecule has 0 rings (SSSR count). The number of ether oxygens (including phenoxy) is 2. The summed E-state index contributed by atoms with van der Waals surface area (Å²) in [5.74, 6) is -1.40. The zero-order chi connectivity index (χ0) is 16.6. The van der Waals surface area contributed by atoms with Gasteiger partial charge in [0.25, 0.3) is 0 Å². The maximum Gasteiger partial charge on any atom is 0.408 e. The number of hydrogen-bond acceptors (Lipinski definition) is 7. The van der Waals surface area contributed by atoms with Crippen LogP contribution in [0.1, 0.15) is 20.8 Å². The summed E-state index contributed by atoms with van der Waals surface area (Å²) < 4.78 is 9.46. The van der Waals surface area contributed by atoms with Crippen molar-refractivity contribution in [2.45, 2.75) is 38.5 Å². The van der Waals surface area contributed by atoms with Crippen LogP contribution in [0.3, 0.4) is 0 Å². The summed E-state index contributed by atoms with van der Waals surface area (Å²) in [6.07, 6.45) is -0.850. The number of rotatable bonds is 6. The van der Waals surface area contributed by atoms with E-state index in [0.717, 1.165) is 0 Å². The SMILES string of the molecule is COC(=O)[C@H](CS)NC(=O)[C@H](CO)NC(=O)OC(C)(C)C. The molecule has 0 aliphatic carbocycles. The van der Waals surface area contributed by atoms with E-state index in [1.807, 2.05) is 0 Å². The Labute approximate surface area is 129 Å². The highest BCUT2D eigenvalue weighted by molar-refractivity contribution is 7.80. The Morgan fingerprint density at radius 2 is 1.76 bits per heavy atom. The Morgan fingerprint density at radius 3 is 2.14 bits per heavy atom. The Kier molecular flexibility index (Phi) is 8.11. The smallest absolute Gasteiger partial charge is 0.408 e. The van der Waals surface area contributed by atoms with Crippen molar-refractivity contribution in [2.24, 2.45) is 0 Å². The molecule has 9 heteroatoms. The third-order valence-corrected chi connectivity index (χ3v) is 2.54. The number of aliphatic hydroxyl groups is 1. The third-order valence-electron chi connectivity index (χ3n) is 2.17. The molecule has 0 saturated carbocycles. The van der Waals surface area contributed by atoms with Crippen molar-refractivity contribution in [1.82, 2.24) is 10.6 Å². The molecule has 0 unspecified atom stereocenters. The number of alkyl carbamates (subject to hydrolysis) is 1. The number of aliphatic hydroxyl groups excluding tert-OH is 1. The first-order valence-corrected chi connectivity index (χ1v) is 6.87. The minimum absolute atomic E-state index is 0.0169. The van der Waals surface area contributed by atoms with Crippen molar-refractivity contribution in [1.29, 1.82) is 0 Å². The Bertz CT molecular complexity index is 382. The monoisotopic (exact) mass is 322 g/mol. The van der Waals surface area contributed by atoms with E-state index < -0.39 is 42.3 Å². The van der Waals surface area contributed by atoms with Gasteiger partial charge in [0.2, 0.25) is 5.91 Å². The number of esters is 1. The Morgan fingerprint density at radius 1 is 1.19 bits per heavy atom. The van der Waals surface area contributed by atoms with Crippen LogP contribution in [0.5, 0.6) is 0 Å². The number of methoxy groups -OCH3 is 1. The summed E-state index contributed by atoms with van der Waals surface area (Å²) in [5.41, 5.74) is -0.736. The number of amides is 2. The number of carbonyl (C=O) groups excluding carboxylic acids is 3. The lowest BCUT2D eigenvalue weighted by atomic mass is 10.2. The van der Waals surface area contributed by atoms with Crippen molar-refractivity contribution in [3.05, 3.63) is 0 Å². The average molecular weight is 322 g/mol. The van der Waals surface area contributed by atoms with Gasteiger partial charge in [-0.3, -0.25) is 4.79 Å². The highest BCUT2D eigenvalue weighted by Crippen LogP contribution is 2.06. The molecular formula is C12H22N2O6S. The zero-order valence-electron chi connectivity index (χ0n) is 12.5. The maximum absolute atomic E-state index is 11.9. The number of nitrogens with one attached hydrogen (secondary N) is 2. The van der Waals surface area contributed by atoms with Gasteiger partial charge in [-0.25, -0.2) is 9.59 Å². The molecule has 0 spiro atoms. The molecule has 0 aliphatic rings.